The van der Waals surface area contributed by atoms with Crippen molar-refractivity contribution in [3.05, 3.63) is 64.0 Å². The van der Waals surface area contributed by atoms with Gasteiger partial charge in [-0.25, -0.2) is 4.39 Å². The Kier molecular flexibility index (Phi) is 5.71. The second kappa shape index (κ2) is 8.18. The predicted octanol–water partition coefficient (Wildman–Crippen LogP) is 2.78. The van der Waals surface area contributed by atoms with Crippen LogP contribution in [0.2, 0.25) is 0 Å². The molecule has 0 saturated carbocycles. The number of rotatable bonds is 5. The normalized spacial score (nSPS) is 12.7. The maximum atomic E-state index is 13.7. The second-order valence-electron chi connectivity index (χ2n) is 6.38. The third kappa shape index (κ3) is 4.83. The van der Waals surface area contributed by atoms with Gasteiger partial charge >= 0.3 is 5.97 Å². The number of aryl methyl sites for hydroxylation is 2. The number of nitrogens with one attached hydrogen (secondary N) is 1. The molecular formula is C20H20FNO5. The molecule has 0 bridgehead atoms. The summed E-state index contributed by atoms with van der Waals surface area (Å²) in [6.45, 7) is 3.65. The van der Waals surface area contributed by atoms with Crippen molar-refractivity contribution in [3.8, 4) is 5.75 Å². The highest BCUT2D eigenvalue weighted by Crippen LogP contribution is 2.29. The van der Waals surface area contributed by atoms with Crippen LogP contribution in [-0.4, -0.2) is 25.2 Å². The van der Waals surface area contributed by atoms with Gasteiger partial charge in [-0.2, -0.15) is 0 Å². The minimum atomic E-state index is -0.627. The molecule has 7 heteroatoms. The highest BCUT2D eigenvalue weighted by molar-refractivity contribution is 5.96. The van der Waals surface area contributed by atoms with Crippen LogP contribution in [0.5, 0.6) is 5.75 Å². The van der Waals surface area contributed by atoms with E-state index in [9.17, 15) is 14.0 Å². The Labute approximate surface area is 156 Å². The number of hydrogen-bond donors (Lipinski definition) is 1. The van der Waals surface area contributed by atoms with Crippen molar-refractivity contribution in [3.63, 3.8) is 0 Å². The van der Waals surface area contributed by atoms with E-state index >= 15 is 0 Å². The first-order valence-corrected chi connectivity index (χ1v) is 8.46. The van der Waals surface area contributed by atoms with E-state index in [-0.39, 0.29) is 32.5 Å². The van der Waals surface area contributed by atoms with Gasteiger partial charge in [0.1, 0.15) is 24.7 Å². The first-order chi connectivity index (χ1) is 12.9. The summed E-state index contributed by atoms with van der Waals surface area (Å²) in [6, 6.07) is 8.02. The molecule has 3 rings (SSSR count). The Morgan fingerprint density at radius 2 is 1.89 bits per heavy atom. The molecule has 27 heavy (non-hydrogen) atoms. The SMILES string of the molecule is Cc1cc(C)cc(C(=O)NCC(=O)OCc2cc(F)cc3c2OCOC3)c1. The maximum absolute atomic E-state index is 13.7. The van der Waals surface area contributed by atoms with E-state index in [1.54, 1.807) is 12.1 Å². The number of fused-ring (bicyclic) bond motifs is 1. The van der Waals surface area contributed by atoms with Crippen LogP contribution < -0.4 is 10.1 Å². The van der Waals surface area contributed by atoms with Gasteiger partial charge in [0, 0.05) is 16.7 Å². The van der Waals surface area contributed by atoms with E-state index in [1.165, 1.54) is 12.1 Å². The van der Waals surface area contributed by atoms with Crippen LogP contribution in [-0.2, 0) is 27.5 Å². The smallest absolute Gasteiger partial charge is 0.325 e. The fourth-order valence-electron chi connectivity index (χ4n) is 2.93. The molecule has 0 fully saturated rings. The molecule has 0 radical (unpaired) electrons. The molecule has 0 atom stereocenters. The Morgan fingerprint density at radius 1 is 1.15 bits per heavy atom. The zero-order valence-electron chi connectivity index (χ0n) is 15.1. The summed E-state index contributed by atoms with van der Waals surface area (Å²) in [4.78, 5) is 24.1. The minimum absolute atomic E-state index is 0.0611. The van der Waals surface area contributed by atoms with Gasteiger partial charge in [0.25, 0.3) is 5.91 Å². The molecule has 1 N–H and O–H groups in total. The number of esters is 1. The molecule has 6 nitrogen and oxygen atoms in total. The van der Waals surface area contributed by atoms with Crippen molar-refractivity contribution in [2.75, 3.05) is 13.3 Å². The number of ether oxygens (including phenoxy) is 3. The Morgan fingerprint density at radius 3 is 2.63 bits per heavy atom. The van der Waals surface area contributed by atoms with E-state index in [1.807, 2.05) is 19.9 Å². The Bertz CT molecular complexity index is 861. The number of carbonyl (C=O) groups excluding carboxylic acids is 2. The lowest BCUT2D eigenvalue weighted by atomic mass is 10.1. The largest absolute Gasteiger partial charge is 0.467 e. The third-order valence-electron chi connectivity index (χ3n) is 4.02. The molecule has 1 amide bonds. The van der Waals surface area contributed by atoms with Crippen molar-refractivity contribution in [2.24, 2.45) is 0 Å². The van der Waals surface area contributed by atoms with E-state index in [0.717, 1.165) is 11.1 Å². The standard InChI is InChI=1S/C20H20FNO5/c1-12-3-13(2)5-14(4-12)20(24)22-8-18(23)26-10-16-7-17(21)6-15-9-25-11-27-19(15)16/h3-7H,8-11H2,1-2H3,(H,22,24). The average molecular weight is 373 g/mol. The quantitative estimate of drug-likeness (QED) is 0.816. The summed E-state index contributed by atoms with van der Waals surface area (Å²) in [6.07, 6.45) is 0. The second-order valence-corrected chi connectivity index (χ2v) is 6.38. The number of carbonyl (C=O) groups is 2. The van der Waals surface area contributed by atoms with Gasteiger partial charge in [0.15, 0.2) is 6.79 Å². The summed E-state index contributed by atoms with van der Waals surface area (Å²) < 4.78 is 29.3. The van der Waals surface area contributed by atoms with Gasteiger partial charge < -0.3 is 19.5 Å². The molecule has 1 aliphatic heterocycles. The van der Waals surface area contributed by atoms with Crippen molar-refractivity contribution in [1.29, 1.82) is 0 Å². The van der Waals surface area contributed by atoms with Crippen LogP contribution >= 0.6 is 0 Å². The minimum Gasteiger partial charge on any atom is -0.467 e. The molecular weight excluding hydrogens is 353 g/mol. The first kappa shape index (κ1) is 18.8. The summed E-state index contributed by atoms with van der Waals surface area (Å²) in [5.74, 6) is -0.980. The molecule has 1 aliphatic rings. The zero-order chi connectivity index (χ0) is 19.4. The van der Waals surface area contributed by atoms with Gasteiger partial charge in [0.2, 0.25) is 0 Å². The molecule has 2 aromatic carbocycles. The maximum Gasteiger partial charge on any atom is 0.325 e. The predicted molar refractivity (Wildman–Crippen MR) is 94.7 cm³/mol. The fraction of sp³-hybridized carbons (Fsp3) is 0.300. The zero-order valence-corrected chi connectivity index (χ0v) is 15.1. The molecule has 0 saturated heterocycles. The van der Waals surface area contributed by atoms with Crippen LogP contribution in [0.15, 0.2) is 30.3 Å². The fourth-order valence-corrected chi connectivity index (χ4v) is 2.93. The van der Waals surface area contributed by atoms with Crippen molar-refractivity contribution in [1.82, 2.24) is 5.32 Å². The molecule has 142 valence electrons. The van der Waals surface area contributed by atoms with Crippen LogP contribution in [0.4, 0.5) is 4.39 Å². The lowest BCUT2D eigenvalue weighted by Crippen LogP contribution is -2.30. The van der Waals surface area contributed by atoms with Gasteiger partial charge in [-0.15, -0.1) is 0 Å². The van der Waals surface area contributed by atoms with Crippen LogP contribution in [0, 0.1) is 19.7 Å². The lowest BCUT2D eigenvalue weighted by molar-refractivity contribution is -0.143. The number of hydrogen-bond acceptors (Lipinski definition) is 5. The van der Waals surface area contributed by atoms with Gasteiger partial charge in [0.05, 0.1) is 6.61 Å². The molecule has 2 aromatic rings. The summed E-state index contributed by atoms with van der Waals surface area (Å²) in [5.41, 5.74) is 3.38. The summed E-state index contributed by atoms with van der Waals surface area (Å²) >= 11 is 0. The highest BCUT2D eigenvalue weighted by atomic mass is 19.1. The highest BCUT2D eigenvalue weighted by Gasteiger charge is 2.18. The lowest BCUT2D eigenvalue weighted by Gasteiger charge is -2.20. The van der Waals surface area contributed by atoms with Gasteiger partial charge in [-0.1, -0.05) is 17.2 Å². The van der Waals surface area contributed by atoms with Crippen molar-refractivity contribution >= 4 is 11.9 Å². The van der Waals surface area contributed by atoms with Crippen molar-refractivity contribution in [2.45, 2.75) is 27.1 Å². The van der Waals surface area contributed by atoms with E-state index < -0.39 is 11.8 Å². The van der Waals surface area contributed by atoms with Crippen LogP contribution in [0.1, 0.15) is 32.6 Å². The van der Waals surface area contributed by atoms with E-state index in [0.29, 0.717) is 22.4 Å². The number of benzene rings is 2. The summed E-state index contributed by atoms with van der Waals surface area (Å²) in [5, 5.41) is 2.52. The molecule has 0 aliphatic carbocycles. The number of halogens is 1. The third-order valence-corrected chi connectivity index (χ3v) is 4.02. The van der Waals surface area contributed by atoms with E-state index in [2.05, 4.69) is 5.32 Å². The van der Waals surface area contributed by atoms with Crippen LogP contribution in [0.3, 0.4) is 0 Å². The van der Waals surface area contributed by atoms with Crippen LogP contribution in [0.25, 0.3) is 0 Å². The summed E-state index contributed by atoms with van der Waals surface area (Å²) in [7, 11) is 0. The van der Waals surface area contributed by atoms with Crippen molar-refractivity contribution < 1.29 is 28.2 Å². The van der Waals surface area contributed by atoms with Gasteiger partial charge in [-0.05, 0) is 38.1 Å². The molecule has 0 aromatic heterocycles. The van der Waals surface area contributed by atoms with E-state index in [4.69, 9.17) is 14.2 Å². The van der Waals surface area contributed by atoms with Gasteiger partial charge in [-0.3, -0.25) is 9.59 Å². The number of amides is 1. The Hall–Kier alpha value is -2.93. The molecule has 1 heterocycles. The Balaban J connectivity index is 1.56. The monoisotopic (exact) mass is 373 g/mol. The topological polar surface area (TPSA) is 73.9 Å². The first-order valence-electron chi connectivity index (χ1n) is 8.46. The molecule has 0 spiro atoms. The molecule has 0 unspecified atom stereocenters. The average Bonchev–Trinajstić information content (AvgIpc) is 2.63.